The zero-order valence-electron chi connectivity index (χ0n) is 16.5. The lowest BCUT2D eigenvalue weighted by molar-refractivity contribution is 0.628. The Kier molecular flexibility index (Phi) is 3.83. The fourth-order valence-corrected chi connectivity index (χ4v) is 4.65. The van der Waals surface area contributed by atoms with Crippen LogP contribution in [0.15, 0.2) is 67.1 Å². The van der Waals surface area contributed by atoms with Crippen molar-refractivity contribution in [2.24, 2.45) is 5.73 Å². The van der Waals surface area contributed by atoms with Gasteiger partial charge in [0, 0.05) is 55.5 Å². The third kappa shape index (κ3) is 2.75. The van der Waals surface area contributed by atoms with Gasteiger partial charge in [0.2, 0.25) is 0 Å². The van der Waals surface area contributed by atoms with Gasteiger partial charge in [-0.15, -0.1) is 0 Å². The molecule has 2 aliphatic rings. The Morgan fingerprint density at radius 3 is 2.70 bits per heavy atom. The molecule has 150 valence electrons. The lowest BCUT2D eigenvalue weighted by atomic mass is 10.1. The van der Waals surface area contributed by atoms with Crippen molar-refractivity contribution in [1.29, 1.82) is 0 Å². The van der Waals surface area contributed by atoms with Gasteiger partial charge in [0.25, 0.3) is 0 Å². The molecule has 0 amide bonds. The summed E-state index contributed by atoms with van der Waals surface area (Å²) in [5, 5.41) is 0. The van der Waals surface area contributed by atoms with Crippen molar-refractivity contribution in [3.63, 3.8) is 0 Å². The van der Waals surface area contributed by atoms with Crippen molar-refractivity contribution in [3.05, 3.63) is 78.5 Å². The van der Waals surface area contributed by atoms with Crippen LogP contribution in [0, 0.1) is 5.82 Å². The highest BCUT2D eigenvalue weighted by Gasteiger charge is 2.24. The van der Waals surface area contributed by atoms with Gasteiger partial charge in [0.05, 0.1) is 11.4 Å². The number of anilines is 1. The lowest BCUT2D eigenvalue weighted by Gasteiger charge is -2.20. The molecule has 1 saturated heterocycles. The van der Waals surface area contributed by atoms with Crippen molar-refractivity contribution in [1.82, 2.24) is 14.1 Å². The van der Waals surface area contributed by atoms with Crippen molar-refractivity contribution in [2.45, 2.75) is 19.0 Å². The van der Waals surface area contributed by atoms with E-state index in [-0.39, 0.29) is 11.9 Å². The van der Waals surface area contributed by atoms with E-state index in [0.29, 0.717) is 0 Å². The van der Waals surface area contributed by atoms with Crippen LogP contribution in [0.3, 0.4) is 0 Å². The van der Waals surface area contributed by atoms with E-state index in [9.17, 15) is 4.39 Å². The Morgan fingerprint density at radius 2 is 1.90 bits per heavy atom. The first kappa shape index (κ1) is 17.5. The van der Waals surface area contributed by atoms with Crippen LogP contribution in [0.1, 0.15) is 12.0 Å². The summed E-state index contributed by atoms with van der Waals surface area (Å²) in [5.41, 5.74) is 12.9. The molecule has 2 aromatic heterocycles. The van der Waals surface area contributed by atoms with E-state index < -0.39 is 0 Å². The number of rotatable bonds is 2. The van der Waals surface area contributed by atoms with Crippen molar-refractivity contribution in [3.8, 4) is 28.3 Å². The van der Waals surface area contributed by atoms with Gasteiger partial charge in [-0.3, -0.25) is 4.57 Å². The Hall–Kier alpha value is -3.38. The summed E-state index contributed by atoms with van der Waals surface area (Å²) >= 11 is 0. The minimum absolute atomic E-state index is 0.224. The Labute approximate surface area is 174 Å². The Balaban J connectivity index is 1.46. The van der Waals surface area contributed by atoms with Gasteiger partial charge in [-0.2, -0.15) is 0 Å². The molecule has 4 aromatic rings. The first-order chi connectivity index (χ1) is 14.7. The van der Waals surface area contributed by atoms with E-state index in [4.69, 9.17) is 5.73 Å². The second-order valence-electron chi connectivity index (χ2n) is 8.18. The van der Waals surface area contributed by atoms with Crippen molar-refractivity contribution in [2.75, 3.05) is 18.0 Å². The van der Waals surface area contributed by atoms with E-state index in [1.807, 2.05) is 24.5 Å². The summed E-state index contributed by atoms with van der Waals surface area (Å²) in [6.07, 6.45) is 7.02. The number of benzene rings is 2. The van der Waals surface area contributed by atoms with E-state index in [2.05, 4.69) is 49.5 Å². The quantitative estimate of drug-likeness (QED) is 0.487. The summed E-state index contributed by atoms with van der Waals surface area (Å²) in [6.45, 7) is 2.65. The van der Waals surface area contributed by atoms with E-state index >= 15 is 0 Å². The molecular weight excluding hydrogens is 377 g/mol. The minimum atomic E-state index is -0.224. The third-order valence-electron chi connectivity index (χ3n) is 6.20. The van der Waals surface area contributed by atoms with Crippen molar-refractivity contribution < 1.29 is 4.39 Å². The number of imidazole rings is 1. The SMILES string of the molecule is N[C@H]1CCN(c2ccc3c(c2)Cn2cc(-c4ccc(F)cc4)cc2-c2nccn2-3)C1. The van der Waals surface area contributed by atoms with Crippen LogP contribution < -0.4 is 10.6 Å². The lowest BCUT2D eigenvalue weighted by Crippen LogP contribution is -2.26. The molecule has 5 nitrogen and oxygen atoms in total. The number of fused-ring (bicyclic) bond motifs is 5. The predicted octanol–water partition coefficient (Wildman–Crippen LogP) is 4.05. The molecule has 2 aliphatic heterocycles. The monoisotopic (exact) mass is 399 g/mol. The molecule has 1 atom stereocenters. The molecule has 0 unspecified atom stereocenters. The van der Waals surface area contributed by atoms with Gasteiger partial charge in [0.1, 0.15) is 5.82 Å². The standard InChI is InChI=1S/C24H22FN5/c25-19-3-1-16(2-4-19)17-12-23-24-27-8-10-30(24)22-6-5-21(28-9-7-20(26)15-28)11-18(22)14-29(23)13-17/h1-6,8,10-13,20H,7,9,14-15,26H2/t20-/m0/s1. The fraction of sp³-hybridized carbons (Fsp3) is 0.208. The molecule has 6 rings (SSSR count). The van der Waals surface area contributed by atoms with Gasteiger partial charge >= 0.3 is 0 Å². The number of aromatic nitrogens is 3. The van der Waals surface area contributed by atoms with Crippen LogP contribution in [-0.4, -0.2) is 33.2 Å². The maximum absolute atomic E-state index is 13.4. The summed E-state index contributed by atoms with van der Waals surface area (Å²) in [4.78, 5) is 7.01. The van der Waals surface area contributed by atoms with E-state index in [1.165, 1.54) is 23.4 Å². The number of halogens is 1. The number of hydrogen-bond donors (Lipinski definition) is 1. The van der Waals surface area contributed by atoms with Crippen LogP contribution in [0.5, 0.6) is 0 Å². The van der Waals surface area contributed by atoms with E-state index in [0.717, 1.165) is 54.4 Å². The molecule has 4 heterocycles. The van der Waals surface area contributed by atoms with Crippen LogP contribution in [0.2, 0.25) is 0 Å². The predicted molar refractivity (Wildman–Crippen MR) is 116 cm³/mol. The normalized spacial score (nSPS) is 17.4. The van der Waals surface area contributed by atoms with Crippen LogP contribution in [0.25, 0.3) is 28.3 Å². The second kappa shape index (κ2) is 6.57. The third-order valence-corrected chi connectivity index (χ3v) is 6.20. The molecular formula is C24H22FN5. The molecule has 0 spiro atoms. The topological polar surface area (TPSA) is 52.0 Å². The van der Waals surface area contributed by atoms with Crippen LogP contribution in [-0.2, 0) is 6.54 Å². The largest absolute Gasteiger partial charge is 0.370 e. The first-order valence-corrected chi connectivity index (χ1v) is 10.3. The summed E-state index contributed by atoms with van der Waals surface area (Å²) < 4.78 is 17.8. The molecule has 0 radical (unpaired) electrons. The second-order valence-corrected chi connectivity index (χ2v) is 8.18. The maximum atomic E-state index is 13.4. The van der Waals surface area contributed by atoms with Crippen LogP contribution >= 0.6 is 0 Å². The zero-order valence-corrected chi connectivity index (χ0v) is 16.5. The Bertz CT molecular complexity index is 1240. The molecule has 6 heteroatoms. The zero-order chi connectivity index (χ0) is 20.2. The molecule has 2 aromatic carbocycles. The molecule has 0 aliphatic carbocycles. The van der Waals surface area contributed by atoms with Gasteiger partial charge in [-0.1, -0.05) is 12.1 Å². The molecule has 1 fully saturated rings. The summed E-state index contributed by atoms with van der Waals surface area (Å²) in [7, 11) is 0. The number of nitrogens with two attached hydrogens (primary N) is 1. The van der Waals surface area contributed by atoms with Gasteiger partial charge < -0.3 is 15.2 Å². The highest BCUT2D eigenvalue weighted by Crippen LogP contribution is 2.35. The van der Waals surface area contributed by atoms with E-state index in [1.54, 1.807) is 0 Å². The average molecular weight is 399 g/mol. The first-order valence-electron chi connectivity index (χ1n) is 10.3. The van der Waals surface area contributed by atoms with Crippen molar-refractivity contribution >= 4 is 5.69 Å². The fourth-order valence-electron chi connectivity index (χ4n) is 4.65. The van der Waals surface area contributed by atoms with Crippen LogP contribution in [0.4, 0.5) is 10.1 Å². The Morgan fingerprint density at radius 1 is 1.03 bits per heavy atom. The molecule has 30 heavy (non-hydrogen) atoms. The number of hydrogen-bond acceptors (Lipinski definition) is 3. The smallest absolute Gasteiger partial charge is 0.161 e. The molecule has 0 bridgehead atoms. The van der Waals surface area contributed by atoms with Gasteiger partial charge in [0.15, 0.2) is 5.82 Å². The highest BCUT2D eigenvalue weighted by molar-refractivity contribution is 5.72. The summed E-state index contributed by atoms with van der Waals surface area (Å²) in [6, 6.07) is 15.7. The maximum Gasteiger partial charge on any atom is 0.161 e. The average Bonchev–Trinajstić information content (AvgIpc) is 3.47. The van der Waals surface area contributed by atoms with Gasteiger partial charge in [-0.05, 0) is 53.9 Å². The van der Waals surface area contributed by atoms with Gasteiger partial charge in [-0.25, -0.2) is 9.37 Å². The number of nitrogens with zero attached hydrogens (tertiary/aromatic N) is 4. The highest BCUT2D eigenvalue weighted by atomic mass is 19.1. The molecule has 2 N–H and O–H groups in total. The molecule has 0 saturated carbocycles. The summed E-state index contributed by atoms with van der Waals surface area (Å²) in [5.74, 6) is 0.691. The minimum Gasteiger partial charge on any atom is -0.370 e.